The standard InChI is InChI=1S/C18H25FN4O/c1-13-4-3-8-23(11-13)18(24)7-9-22(2)12-17-20-15-6-5-14(19)10-16(15)21-17/h5-6,10,13H,3-4,7-9,11-12H2,1-2H3,(H,20,21)/t13-/m1/s1. The maximum Gasteiger partial charge on any atom is 0.223 e. The van der Waals surface area contributed by atoms with Gasteiger partial charge in [-0.25, -0.2) is 9.37 Å². The number of benzene rings is 1. The minimum absolute atomic E-state index is 0.236. The van der Waals surface area contributed by atoms with E-state index in [1.54, 1.807) is 6.07 Å². The van der Waals surface area contributed by atoms with Crippen LogP contribution in [0.15, 0.2) is 18.2 Å². The molecule has 6 heteroatoms. The number of rotatable bonds is 5. The molecule has 1 fully saturated rings. The smallest absolute Gasteiger partial charge is 0.223 e. The summed E-state index contributed by atoms with van der Waals surface area (Å²) in [7, 11) is 1.97. The lowest BCUT2D eigenvalue weighted by Crippen LogP contribution is -2.40. The van der Waals surface area contributed by atoms with Gasteiger partial charge in [0.15, 0.2) is 0 Å². The predicted octanol–water partition coefficient (Wildman–Crippen LogP) is 2.78. The lowest BCUT2D eigenvalue weighted by Gasteiger charge is -2.31. The summed E-state index contributed by atoms with van der Waals surface area (Å²) in [5.74, 6) is 1.36. The second-order valence-electron chi connectivity index (χ2n) is 6.92. The van der Waals surface area contributed by atoms with Crippen LogP contribution in [0.1, 0.15) is 32.0 Å². The van der Waals surface area contributed by atoms with E-state index in [-0.39, 0.29) is 11.7 Å². The average molecular weight is 332 g/mol. The van der Waals surface area contributed by atoms with E-state index in [2.05, 4.69) is 21.8 Å². The molecule has 1 aromatic carbocycles. The Kier molecular flexibility index (Phi) is 5.14. The van der Waals surface area contributed by atoms with Crippen molar-refractivity contribution in [1.82, 2.24) is 19.8 Å². The van der Waals surface area contributed by atoms with E-state index in [0.717, 1.165) is 30.9 Å². The van der Waals surface area contributed by atoms with Crippen LogP contribution < -0.4 is 0 Å². The minimum atomic E-state index is -0.271. The Morgan fingerprint density at radius 2 is 2.33 bits per heavy atom. The van der Waals surface area contributed by atoms with Crippen molar-refractivity contribution >= 4 is 16.9 Å². The molecule has 1 aromatic heterocycles. The van der Waals surface area contributed by atoms with Gasteiger partial charge in [-0.2, -0.15) is 0 Å². The van der Waals surface area contributed by atoms with E-state index in [9.17, 15) is 9.18 Å². The molecule has 1 saturated heterocycles. The molecule has 0 unspecified atom stereocenters. The van der Waals surface area contributed by atoms with Crippen LogP contribution >= 0.6 is 0 Å². The molecular weight excluding hydrogens is 307 g/mol. The monoisotopic (exact) mass is 332 g/mol. The van der Waals surface area contributed by atoms with Gasteiger partial charge in [0.1, 0.15) is 11.6 Å². The Labute approximate surface area is 141 Å². The van der Waals surface area contributed by atoms with Gasteiger partial charge in [0.25, 0.3) is 0 Å². The first-order valence-corrected chi connectivity index (χ1v) is 8.62. The Bertz CT molecular complexity index is 714. The zero-order valence-corrected chi connectivity index (χ0v) is 14.4. The number of hydrogen-bond acceptors (Lipinski definition) is 3. The van der Waals surface area contributed by atoms with E-state index in [0.29, 0.717) is 30.9 Å². The molecule has 1 N–H and O–H groups in total. The SMILES string of the molecule is C[C@@H]1CCCN(C(=O)CCN(C)Cc2nc3ccc(F)cc3[nH]2)C1. The molecule has 130 valence electrons. The van der Waals surface area contributed by atoms with Crippen molar-refractivity contribution in [3.63, 3.8) is 0 Å². The molecule has 1 aliphatic heterocycles. The number of hydrogen-bond donors (Lipinski definition) is 1. The Balaban J connectivity index is 1.51. The Hall–Kier alpha value is -1.95. The number of aromatic amines is 1. The molecule has 0 radical (unpaired) electrons. The molecule has 5 nitrogen and oxygen atoms in total. The summed E-state index contributed by atoms with van der Waals surface area (Å²) < 4.78 is 13.2. The van der Waals surface area contributed by atoms with Gasteiger partial charge in [-0.3, -0.25) is 9.69 Å². The van der Waals surface area contributed by atoms with Crippen molar-refractivity contribution in [2.75, 3.05) is 26.7 Å². The van der Waals surface area contributed by atoms with E-state index < -0.39 is 0 Å². The number of H-pyrrole nitrogens is 1. The van der Waals surface area contributed by atoms with E-state index in [1.165, 1.54) is 18.6 Å². The molecule has 0 aliphatic carbocycles. The summed E-state index contributed by atoms with van der Waals surface area (Å²) in [6.07, 6.45) is 2.85. The van der Waals surface area contributed by atoms with Gasteiger partial charge in [-0.05, 0) is 44.0 Å². The van der Waals surface area contributed by atoms with Gasteiger partial charge >= 0.3 is 0 Å². The molecule has 0 bridgehead atoms. The second kappa shape index (κ2) is 7.30. The number of aromatic nitrogens is 2. The van der Waals surface area contributed by atoms with Crippen LogP contribution in [0.4, 0.5) is 4.39 Å². The van der Waals surface area contributed by atoms with Gasteiger partial charge in [-0.1, -0.05) is 6.92 Å². The van der Waals surface area contributed by atoms with E-state index in [1.807, 2.05) is 11.9 Å². The number of likely N-dealkylation sites (tertiary alicyclic amines) is 1. The number of nitrogens with one attached hydrogen (secondary N) is 1. The third-order valence-electron chi connectivity index (χ3n) is 4.63. The zero-order valence-electron chi connectivity index (χ0n) is 14.4. The molecule has 0 spiro atoms. The minimum Gasteiger partial charge on any atom is -0.342 e. The first-order chi connectivity index (χ1) is 11.5. The molecule has 2 heterocycles. The lowest BCUT2D eigenvalue weighted by atomic mass is 10.00. The largest absolute Gasteiger partial charge is 0.342 e. The average Bonchev–Trinajstić information content (AvgIpc) is 2.93. The van der Waals surface area contributed by atoms with E-state index >= 15 is 0 Å². The first-order valence-electron chi connectivity index (χ1n) is 8.62. The number of imidazole rings is 1. The van der Waals surface area contributed by atoms with Gasteiger partial charge in [0.05, 0.1) is 17.6 Å². The summed E-state index contributed by atoms with van der Waals surface area (Å²) in [6, 6.07) is 4.54. The van der Waals surface area contributed by atoms with E-state index in [4.69, 9.17) is 0 Å². The number of amides is 1. The summed E-state index contributed by atoms with van der Waals surface area (Å²) in [4.78, 5) is 24.0. The summed E-state index contributed by atoms with van der Waals surface area (Å²) >= 11 is 0. The number of piperidine rings is 1. The maximum absolute atomic E-state index is 13.2. The van der Waals surface area contributed by atoms with Crippen LogP contribution in [-0.4, -0.2) is 52.4 Å². The van der Waals surface area contributed by atoms with Gasteiger partial charge in [0, 0.05) is 26.1 Å². The van der Waals surface area contributed by atoms with Crippen molar-refractivity contribution in [2.24, 2.45) is 5.92 Å². The van der Waals surface area contributed by atoms with Crippen LogP contribution in [0.3, 0.4) is 0 Å². The second-order valence-corrected chi connectivity index (χ2v) is 6.92. The van der Waals surface area contributed by atoms with Crippen LogP contribution in [0, 0.1) is 11.7 Å². The third kappa shape index (κ3) is 4.12. The highest BCUT2D eigenvalue weighted by molar-refractivity contribution is 5.76. The van der Waals surface area contributed by atoms with Crippen molar-refractivity contribution in [2.45, 2.75) is 32.7 Å². The van der Waals surface area contributed by atoms with Crippen LogP contribution in [0.25, 0.3) is 11.0 Å². The van der Waals surface area contributed by atoms with Crippen molar-refractivity contribution in [1.29, 1.82) is 0 Å². The molecule has 3 rings (SSSR count). The fourth-order valence-corrected chi connectivity index (χ4v) is 3.30. The fraction of sp³-hybridized carbons (Fsp3) is 0.556. The summed E-state index contributed by atoms with van der Waals surface area (Å²) in [5, 5.41) is 0. The predicted molar refractivity (Wildman–Crippen MR) is 92.0 cm³/mol. The number of fused-ring (bicyclic) bond motifs is 1. The van der Waals surface area contributed by atoms with Crippen molar-refractivity contribution in [3.05, 3.63) is 29.8 Å². The molecule has 2 aromatic rings. The van der Waals surface area contributed by atoms with Gasteiger partial charge in [0.2, 0.25) is 5.91 Å². The van der Waals surface area contributed by atoms with Crippen LogP contribution in [0.2, 0.25) is 0 Å². The summed E-state index contributed by atoms with van der Waals surface area (Å²) in [5.41, 5.74) is 1.47. The zero-order chi connectivity index (χ0) is 17.1. The quantitative estimate of drug-likeness (QED) is 0.916. The van der Waals surface area contributed by atoms with Gasteiger partial charge < -0.3 is 9.88 Å². The molecular formula is C18H25FN4O. The highest BCUT2D eigenvalue weighted by Crippen LogP contribution is 2.17. The molecule has 0 saturated carbocycles. The normalized spacial score (nSPS) is 18.5. The van der Waals surface area contributed by atoms with Crippen LogP contribution in [0.5, 0.6) is 0 Å². The molecule has 1 amide bonds. The highest BCUT2D eigenvalue weighted by Gasteiger charge is 2.20. The Morgan fingerprint density at radius 3 is 3.12 bits per heavy atom. The lowest BCUT2D eigenvalue weighted by molar-refractivity contribution is -0.133. The Morgan fingerprint density at radius 1 is 1.50 bits per heavy atom. The third-order valence-corrected chi connectivity index (χ3v) is 4.63. The molecule has 24 heavy (non-hydrogen) atoms. The fourth-order valence-electron chi connectivity index (χ4n) is 3.30. The maximum atomic E-state index is 13.2. The number of nitrogens with zero attached hydrogens (tertiary/aromatic N) is 3. The highest BCUT2D eigenvalue weighted by atomic mass is 19.1. The molecule has 1 atom stereocenters. The first kappa shape index (κ1) is 16.9. The summed E-state index contributed by atoms with van der Waals surface area (Å²) in [6.45, 7) is 5.28. The van der Waals surface area contributed by atoms with Crippen molar-refractivity contribution < 1.29 is 9.18 Å². The van der Waals surface area contributed by atoms with Gasteiger partial charge in [-0.15, -0.1) is 0 Å². The molecule has 1 aliphatic rings. The van der Waals surface area contributed by atoms with Crippen LogP contribution in [-0.2, 0) is 11.3 Å². The number of halogens is 1. The number of carbonyl (C=O) groups excluding carboxylic acids is 1. The number of carbonyl (C=O) groups is 1. The van der Waals surface area contributed by atoms with Crippen molar-refractivity contribution in [3.8, 4) is 0 Å². The topological polar surface area (TPSA) is 52.2 Å².